The molecule has 1 spiro atoms. The predicted octanol–water partition coefficient (Wildman–Crippen LogP) is 16.6. The standard InChI is InChI=1S/C61H37NO2/c1-2-14-38(15-3-1)39-28-32-41(33-29-39)62(42-34-30-40(31-35-42)43-20-12-22-48-45-17-6-10-26-55(45)63-59(43)48)54-25-13-21-47-44-16-4-8-23-51(44)61(58(47)54)52-24-9-5-19-50(52)57-53(61)37-36-49-46-18-7-11-27-56(46)64-60(49)57/h1-37H. The van der Waals surface area contributed by atoms with E-state index in [9.17, 15) is 0 Å². The van der Waals surface area contributed by atoms with Gasteiger partial charge in [-0.25, -0.2) is 0 Å². The lowest BCUT2D eigenvalue weighted by Gasteiger charge is -2.36. The van der Waals surface area contributed by atoms with E-state index in [0.717, 1.165) is 72.1 Å². The van der Waals surface area contributed by atoms with E-state index in [1.807, 2.05) is 12.1 Å². The summed E-state index contributed by atoms with van der Waals surface area (Å²) < 4.78 is 13.4. The van der Waals surface area contributed by atoms with Crippen molar-refractivity contribution in [2.45, 2.75) is 5.41 Å². The highest BCUT2D eigenvalue weighted by Crippen LogP contribution is 2.66. The number of anilines is 3. The van der Waals surface area contributed by atoms with E-state index in [2.05, 4.69) is 217 Å². The number of fused-ring (bicyclic) bond motifs is 17. The molecule has 0 saturated carbocycles. The van der Waals surface area contributed by atoms with Crippen LogP contribution >= 0.6 is 0 Å². The van der Waals surface area contributed by atoms with Crippen molar-refractivity contribution in [2.75, 3.05) is 4.90 Å². The summed E-state index contributed by atoms with van der Waals surface area (Å²) in [5.74, 6) is 0. The summed E-state index contributed by atoms with van der Waals surface area (Å²) >= 11 is 0. The molecule has 0 aliphatic heterocycles. The Morgan fingerprint density at radius 2 is 0.828 bits per heavy atom. The van der Waals surface area contributed by atoms with Crippen LogP contribution in [0.4, 0.5) is 17.1 Å². The monoisotopic (exact) mass is 815 g/mol. The number of hydrogen-bond donors (Lipinski definition) is 0. The van der Waals surface area contributed by atoms with Crippen molar-refractivity contribution in [1.29, 1.82) is 0 Å². The van der Waals surface area contributed by atoms with Gasteiger partial charge in [-0.2, -0.15) is 0 Å². The highest BCUT2D eigenvalue weighted by Gasteiger charge is 2.54. The summed E-state index contributed by atoms with van der Waals surface area (Å²) in [5.41, 5.74) is 20.8. The van der Waals surface area contributed by atoms with Crippen molar-refractivity contribution >= 4 is 60.9 Å². The third-order valence-corrected chi connectivity index (χ3v) is 13.9. The topological polar surface area (TPSA) is 29.5 Å². The van der Waals surface area contributed by atoms with E-state index in [4.69, 9.17) is 8.83 Å². The molecule has 10 aromatic carbocycles. The van der Waals surface area contributed by atoms with Gasteiger partial charge in [0.1, 0.15) is 22.3 Å². The quantitative estimate of drug-likeness (QED) is 0.173. The summed E-state index contributed by atoms with van der Waals surface area (Å²) in [7, 11) is 0. The van der Waals surface area contributed by atoms with Gasteiger partial charge in [0.25, 0.3) is 0 Å². The Bertz CT molecular complexity index is 3840. The molecule has 298 valence electrons. The van der Waals surface area contributed by atoms with Gasteiger partial charge in [0.05, 0.1) is 11.1 Å². The van der Waals surface area contributed by atoms with Crippen molar-refractivity contribution in [3.05, 3.63) is 247 Å². The fourth-order valence-electron chi connectivity index (χ4n) is 11.3. The molecule has 0 fully saturated rings. The molecule has 0 amide bonds. The third kappa shape index (κ3) is 4.76. The van der Waals surface area contributed by atoms with Crippen molar-refractivity contribution in [2.24, 2.45) is 0 Å². The summed E-state index contributed by atoms with van der Waals surface area (Å²) in [4.78, 5) is 2.47. The van der Waals surface area contributed by atoms with Gasteiger partial charge in [0, 0.05) is 49.6 Å². The third-order valence-electron chi connectivity index (χ3n) is 13.9. The minimum Gasteiger partial charge on any atom is -0.455 e. The van der Waals surface area contributed by atoms with E-state index in [0.29, 0.717) is 0 Å². The number of benzene rings is 10. The molecule has 64 heavy (non-hydrogen) atoms. The van der Waals surface area contributed by atoms with Gasteiger partial charge in [-0.3, -0.25) is 0 Å². The first-order chi connectivity index (χ1) is 31.8. The maximum Gasteiger partial charge on any atom is 0.143 e. The maximum atomic E-state index is 6.87. The molecule has 1 unspecified atom stereocenters. The first-order valence-electron chi connectivity index (χ1n) is 22.0. The molecular formula is C61H37NO2. The van der Waals surface area contributed by atoms with Gasteiger partial charge >= 0.3 is 0 Å². The second kappa shape index (κ2) is 13.3. The Morgan fingerprint density at radius 1 is 0.312 bits per heavy atom. The number of nitrogens with zero attached hydrogens (tertiary/aromatic N) is 1. The Morgan fingerprint density at radius 3 is 1.56 bits per heavy atom. The highest BCUT2D eigenvalue weighted by atomic mass is 16.3. The lowest BCUT2D eigenvalue weighted by Crippen LogP contribution is -2.28. The lowest BCUT2D eigenvalue weighted by molar-refractivity contribution is 0.669. The van der Waals surface area contributed by atoms with E-state index in [1.54, 1.807) is 0 Å². The Balaban J connectivity index is 1.02. The van der Waals surface area contributed by atoms with Gasteiger partial charge in [-0.05, 0) is 92.5 Å². The molecule has 0 radical (unpaired) electrons. The first kappa shape index (κ1) is 35.2. The van der Waals surface area contributed by atoms with Crippen LogP contribution in [0, 0.1) is 0 Å². The minimum atomic E-state index is -0.624. The second-order valence-corrected chi connectivity index (χ2v) is 17.1. The number of furan rings is 2. The van der Waals surface area contributed by atoms with Crippen molar-refractivity contribution in [3.8, 4) is 44.5 Å². The summed E-state index contributed by atoms with van der Waals surface area (Å²) in [6, 6.07) is 81.4. The average Bonchev–Trinajstić information content (AvgIpc) is 4.10. The fraction of sp³-hybridized carbons (Fsp3) is 0.0164. The van der Waals surface area contributed by atoms with Crippen LogP contribution in [0.5, 0.6) is 0 Å². The number of rotatable bonds is 5. The van der Waals surface area contributed by atoms with Crippen LogP contribution in [-0.2, 0) is 5.41 Å². The van der Waals surface area contributed by atoms with E-state index in [-0.39, 0.29) is 0 Å². The van der Waals surface area contributed by atoms with E-state index >= 15 is 0 Å². The van der Waals surface area contributed by atoms with E-state index < -0.39 is 5.41 Å². The Labute approximate surface area is 369 Å². The van der Waals surface area contributed by atoms with Crippen LogP contribution in [0.3, 0.4) is 0 Å². The zero-order chi connectivity index (χ0) is 41.9. The van der Waals surface area contributed by atoms with Crippen molar-refractivity contribution < 1.29 is 8.83 Å². The summed E-state index contributed by atoms with van der Waals surface area (Å²) in [6.45, 7) is 0. The molecule has 0 saturated heterocycles. The van der Waals surface area contributed by atoms with Crippen LogP contribution in [0.1, 0.15) is 22.3 Å². The molecule has 2 aromatic heterocycles. The first-order valence-corrected chi connectivity index (χ1v) is 22.0. The molecular weight excluding hydrogens is 779 g/mol. The Kier molecular flexibility index (Phi) is 7.32. The van der Waals surface area contributed by atoms with Gasteiger partial charge in [-0.15, -0.1) is 0 Å². The SMILES string of the molecule is c1ccc(-c2ccc(N(c3ccc(-c4cccc5c4oc4ccccc45)cc3)c3cccc4c3C3(c5ccccc5-4)c4ccccc4-c4c3ccc3c4oc4ccccc43)cc2)cc1. The van der Waals surface area contributed by atoms with Gasteiger partial charge < -0.3 is 13.7 Å². The lowest BCUT2D eigenvalue weighted by atomic mass is 9.70. The Hall–Kier alpha value is -8.40. The molecule has 0 N–H and O–H groups in total. The highest BCUT2D eigenvalue weighted by molar-refractivity contribution is 6.14. The molecule has 3 heteroatoms. The summed E-state index contributed by atoms with van der Waals surface area (Å²) in [5, 5.41) is 4.53. The molecule has 1 atom stereocenters. The molecule has 2 heterocycles. The average molecular weight is 816 g/mol. The van der Waals surface area contributed by atoms with Crippen LogP contribution in [0.2, 0.25) is 0 Å². The molecule has 2 aliphatic rings. The molecule has 14 rings (SSSR count). The summed E-state index contributed by atoms with van der Waals surface area (Å²) in [6.07, 6.45) is 0. The fourth-order valence-corrected chi connectivity index (χ4v) is 11.3. The van der Waals surface area contributed by atoms with Crippen LogP contribution in [0.25, 0.3) is 88.4 Å². The minimum absolute atomic E-state index is 0.624. The molecule has 0 bridgehead atoms. The van der Waals surface area contributed by atoms with Crippen LogP contribution in [-0.4, -0.2) is 0 Å². The van der Waals surface area contributed by atoms with Gasteiger partial charge in [0.15, 0.2) is 0 Å². The smallest absolute Gasteiger partial charge is 0.143 e. The zero-order valence-corrected chi connectivity index (χ0v) is 34.6. The molecule has 3 nitrogen and oxygen atoms in total. The molecule has 2 aliphatic carbocycles. The van der Waals surface area contributed by atoms with Crippen molar-refractivity contribution in [1.82, 2.24) is 0 Å². The van der Waals surface area contributed by atoms with Crippen molar-refractivity contribution in [3.63, 3.8) is 0 Å². The molecule has 12 aromatic rings. The van der Waals surface area contributed by atoms with Gasteiger partial charge in [-0.1, -0.05) is 182 Å². The largest absolute Gasteiger partial charge is 0.455 e. The maximum absolute atomic E-state index is 6.87. The normalized spacial score (nSPS) is 14.6. The zero-order valence-electron chi connectivity index (χ0n) is 34.6. The number of para-hydroxylation sites is 3. The second-order valence-electron chi connectivity index (χ2n) is 17.1. The van der Waals surface area contributed by atoms with E-state index in [1.165, 1.54) is 55.6 Å². The van der Waals surface area contributed by atoms with Crippen LogP contribution in [0.15, 0.2) is 233 Å². The van der Waals surface area contributed by atoms with Crippen LogP contribution < -0.4 is 4.90 Å². The van der Waals surface area contributed by atoms with Gasteiger partial charge in [0.2, 0.25) is 0 Å². The number of hydrogen-bond acceptors (Lipinski definition) is 3. The predicted molar refractivity (Wildman–Crippen MR) is 263 cm³/mol.